The lowest BCUT2D eigenvalue weighted by molar-refractivity contribution is 0.344. The van der Waals surface area contributed by atoms with Crippen LogP contribution in [0.1, 0.15) is 26.7 Å². The lowest BCUT2D eigenvalue weighted by Gasteiger charge is -2.32. The highest BCUT2D eigenvalue weighted by Gasteiger charge is 2.21. The number of hydrogen-bond acceptors (Lipinski definition) is 3. The van der Waals surface area contributed by atoms with Gasteiger partial charge in [0.15, 0.2) is 0 Å². The maximum atomic E-state index is 5.64. The highest BCUT2D eigenvalue weighted by molar-refractivity contribution is 8.00. The number of guanidine groups is 1. The summed E-state index contributed by atoms with van der Waals surface area (Å²) in [5, 5.41) is 5.00. The Labute approximate surface area is 90.1 Å². The van der Waals surface area contributed by atoms with Crippen molar-refractivity contribution in [2.24, 2.45) is 16.7 Å². The van der Waals surface area contributed by atoms with Crippen LogP contribution in [0, 0.1) is 0 Å². The van der Waals surface area contributed by atoms with E-state index in [0.29, 0.717) is 11.2 Å². The molecular formula is C9H20N4S. The molecule has 1 heterocycles. The largest absolute Gasteiger partial charge is 0.368 e. The molecule has 0 aromatic rings. The zero-order chi connectivity index (χ0) is 10.6. The number of nitrogens with zero attached hydrogens (tertiary/aromatic N) is 2. The summed E-state index contributed by atoms with van der Waals surface area (Å²) in [6, 6.07) is 0. The average Bonchev–Trinajstić information content (AvgIpc) is 2.17. The molecule has 0 spiro atoms. The molecule has 0 aromatic carbocycles. The molecule has 0 unspecified atom stereocenters. The molecule has 0 saturated carbocycles. The lowest BCUT2D eigenvalue weighted by atomic mass is 10.1. The molecule has 4 N–H and O–H groups in total. The molecule has 5 heteroatoms. The fraction of sp³-hybridized carbons (Fsp3) is 0.889. The van der Waals surface area contributed by atoms with Crippen LogP contribution in [0.15, 0.2) is 5.10 Å². The van der Waals surface area contributed by atoms with Gasteiger partial charge >= 0.3 is 0 Å². The lowest BCUT2D eigenvalue weighted by Crippen LogP contribution is -2.44. The Morgan fingerprint density at radius 3 is 2.43 bits per heavy atom. The van der Waals surface area contributed by atoms with E-state index in [9.17, 15) is 0 Å². The maximum absolute atomic E-state index is 5.64. The van der Waals surface area contributed by atoms with E-state index in [1.54, 1.807) is 0 Å². The van der Waals surface area contributed by atoms with Crippen molar-refractivity contribution in [2.45, 2.75) is 37.2 Å². The van der Waals surface area contributed by atoms with E-state index in [2.05, 4.69) is 35.6 Å². The molecule has 14 heavy (non-hydrogen) atoms. The van der Waals surface area contributed by atoms with Crippen LogP contribution in [0.3, 0.4) is 0 Å². The van der Waals surface area contributed by atoms with Crippen molar-refractivity contribution in [3.05, 3.63) is 0 Å². The van der Waals surface area contributed by atoms with Crippen molar-refractivity contribution in [1.82, 2.24) is 4.90 Å². The van der Waals surface area contributed by atoms with Crippen molar-refractivity contribution in [3.63, 3.8) is 0 Å². The summed E-state index contributed by atoms with van der Waals surface area (Å²) >= 11 is 2.06. The molecule has 1 rings (SSSR count). The third kappa shape index (κ3) is 3.29. The normalized spacial score (nSPS) is 20.5. The molecule has 1 fully saturated rings. The zero-order valence-corrected chi connectivity index (χ0v) is 9.76. The van der Waals surface area contributed by atoms with E-state index in [1.165, 1.54) is 12.8 Å². The average molecular weight is 216 g/mol. The van der Waals surface area contributed by atoms with Gasteiger partial charge in [-0.05, 0) is 18.1 Å². The second-order valence-corrected chi connectivity index (χ2v) is 5.74. The Kier molecular flexibility index (Phi) is 4.38. The Morgan fingerprint density at radius 1 is 1.43 bits per heavy atom. The number of rotatable bonds is 2. The predicted molar refractivity (Wildman–Crippen MR) is 63.1 cm³/mol. The molecule has 4 nitrogen and oxygen atoms in total. The minimum atomic E-state index is 0.470. The summed E-state index contributed by atoms with van der Waals surface area (Å²) in [6.45, 7) is 6.45. The first-order valence-electron chi connectivity index (χ1n) is 5.07. The standard InChI is InChI=1S/C9H20N4S/c1-7(2)14-8-3-5-13(6-4-8)9(10)12-11/h7-8H,3-6,11H2,1-2H3,(H2,10,12). The van der Waals surface area contributed by atoms with Gasteiger partial charge in [0.2, 0.25) is 5.96 Å². The highest BCUT2D eigenvalue weighted by atomic mass is 32.2. The first-order valence-corrected chi connectivity index (χ1v) is 6.01. The van der Waals surface area contributed by atoms with Crippen LogP contribution in [0.5, 0.6) is 0 Å². The van der Waals surface area contributed by atoms with Gasteiger partial charge in [-0.1, -0.05) is 13.8 Å². The van der Waals surface area contributed by atoms with Gasteiger partial charge < -0.3 is 16.5 Å². The summed E-state index contributed by atoms with van der Waals surface area (Å²) in [5.41, 5.74) is 5.64. The SMILES string of the molecule is CC(C)SC1CCN(/C(N)=N/N)CC1. The quantitative estimate of drug-likeness (QED) is 0.310. The van der Waals surface area contributed by atoms with Crippen LogP contribution >= 0.6 is 11.8 Å². The van der Waals surface area contributed by atoms with E-state index in [0.717, 1.165) is 18.3 Å². The van der Waals surface area contributed by atoms with E-state index < -0.39 is 0 Å². The molecule has 0 aromatic heterocycles. The summed E-state index contributed by atoms with van der Waals surface area (Å²) in [4.78, 5) is 2.05. The summed E-state index contributed by atoms with van der Waals surface area (Å²) < 4.78 is 0. The van der Waals surface area contributed by atoms with Crippen LogP contribution in [-0.2, 0) is 0 Å². The van der Waals surface area contributed by atoms with Gasteiger partial charge in [-0.15, -0.1) is 5.10 Å². The van der Waals surface area contributed by atoms with Gasteiger partial charge in [-0.2, -0.15) is 11.8 Å². The maximum Gasteiger partial charge on any atom is 0.213 e. The molecule has 1 saturated heterocycles. The van der Waals surface area contributed by atoms with Gasteiger partial charge in [-0.3, -0.25) is 0 Å². The predicted octanol–water partition coefficient (Wildman–Crippen LogP) is 0.781. The molecule has 1 aliphatic rings. The molecule has 0 bridgehead atoms. The molecule has 82 valence electrons. The van der Waals surface area contributed by atoms with Gasteiger partial charge in [0.05, 0.1) is 0 Å². The topological polar surface area (TPSA) is 67.6 Å². The first kappa shape index (κ1) is 11.5. The van der Waals surface area contributed by atoms with Crippen LogP contribution in [0.2, 0.25) is 0 Å². The van der Waals surface area contributed by atoms with E-state index in [4.69, 9.17) is 11.6 Å². The fourth-order valence-electron chi connectivity index (χ4n) is 1.69. The van der Waals surface area contributed by atoms with Gasteiger partial charge in [0.1, 0.15) is 0 Å². The van der Waals surface area contributed by atoms with Crippen LogP contribution < -0.4 is 11.6 Å². The van der Waals surface area contributed by atoms with Crippen molar-refractivity contribution < 1.29 is 0 Å². The highest BCUT2D eigenvalue weighted by Crippen LogP contribution is 2.26. The smallest absolute Gasteiger partial charge is 0.213 e. The third-order valence-corrected chi connectivity index (χ3v) is 3.76. The Bertz CT molecular complexity index is 197. The number of hydrogen-bond donors (Lipinski definition) is 2. The Morgan fingerprint density at radius 2 is 2.00 bits per heavy atom. The van der Waals surface area contributed by atoms with Crippen molar-refractivity contribution in [3.8, 4) is 0 Å². The molecule has 0 aliphatic carbocycles. The second-order valence-electron chi connectivity index (χ2n) is 3.86. The summed E-state index contributed by atoms with van der Waals surface area (Å²) in [7, 11) is 0. The van der Waals surface area contributed by atoms with E-state index >= 15 is 0 Å². The Balaban J connectivity index is 2.31. The van der Waals surface area contributed by atoms with Crippen molar-refractivity contribution in [2.75, 3.05) is 13.1 Å². The third-order valence-electron chi connectivity index (χ3n) is 2.36. The zero-order valence-electron chi connectivity index (χ0n) is 8.94. The van der Waals surface area contributed by atoms with Gasteiger partial charge in [0, 0.05) is 18.3 Å². The Hall–Kier alpha value is -0.580. The van der Waals surface area contributed by atoms with Crippen LogP contribution in [-0.4, -0.2) is 34.4 Å². The fourth-order valence-corrected chi connectivity index (χ4v) is 2.94. The second kappa shape index (κ2) is 5.34. The number of thioether (sulfide) groups is 1. The van der Waals surface area contributed by atoms with Crippen molar-refractivity contribution in [1.29, 1.82) is 0 Å². The minimum Gasteiger partial charge on any atom is -0.368 e. The molecule has 1 aliphatic heterocycles. The summed E-state index contributed by atoms with van der Waals surface area (Å²) in [6.07, 6.45) is 2.36. The van der Waals surface area contributed by atoms with Gasteiger partial charge in [-0.25, -0.2) is 0 Å². The van der Waals surface area contributed by atoms with E-state index in [-0.39, 0.29) is 0 Å². The summed E-state index contributed by atoms with van der Waals surface area (Å²) in [5.74, 6) is 5.60. The van der Waals surface area contributed by atoms with Crippen LogP contribution in [0.25, 0.3) is 0 Å². The monoisotopic (exact) mass is 216 g/mol. The number of nitrogens with two attached hydrogens (primary N) is 2. The molecule has 0 atom stereocenters. The van der Waals surface area contributed by atoms with Crippen molar-refractivity contribution >= 4 is 17.7 Å². The number of piperidine rings is 1. The number of hydrazone groups is 1. The van der Waals surface area contributed by atoms with Crippen LogP contribution in [0.4, 0.5) is 0 Å². The molecule has 0 radical (unpaired) electrons. The minimum absolute atomic E-state index is 0.470. The first-order chi connectivity index (χ1) is 6.63. The van der Waals surface area contributed by atoms with E-state index in [1.807, 2.05) is 0 Å². The van der Waals surface area contributed by atoms with Gasteiger partial charge in [0.25, 0.3) is 0 Å². The number of likely N-dealkylation sites (tertiary alicyclic amines) is 1. The molecule has 0 amide bonds. The molecular weight excluding hydrogens is 196 g/mol.